The van der Waals surface area contributed by atoms with Gasteiger partial charge in [-0.3, -0.25) is 0 Å². The number of aliphatic hydroxyl groups is 1. The Labute approximate surface area is 110 Å². The van der Waals surface area contributed by atoms with E-state index in [-0.39, 0.29) is 6.61 Å². The highest BCUT2D eigenvalue weighted by Gasteiger charge is 2.09. The Balaban J connectivity index is 2.78. The number of rotatable bonds is 7. The maximum absolute atomic E-state index is 9.01. The largest absolute Gasteiger partial charge is 0.395 e. The molecule has 1 atom stereocenters. The fraction of sp³-hybridized carbons (Fsp3) is 0.571. The molecule has 0 aromatic heterocycles. The Kier molecular flexibility index (Phi) is 5.95. The van der Waals surface area contributed by atoms with Crippen LogP contribution in [0.4, 0.5) is 11.4 Å². The van der Waals surface area contributed by atoms with Crippen LogP contribution in [0.2, 0.25) is 0 Å². The number of likely N-dealkylation sites (N-methyl/N-ethyl adjacent to an activating group) is 1. The third-order valence-electron chi connectivity index (χ3n) is 3.33. The van der Waals surface area contributed by atoms with Gasteiger partial charge in [-0.2, -0.15) is 0 Å². The summed E-state index contributed by atoms with van der Waals surface area (Å²) in [6.07, 6.45) is 1.02. The minimum Gasteiger partial charge on any atom is -0.395 e. The van der Waals surface area contributed by atoms with Crippen LogP contribution in [0, 0.1) is 0 Å². The molecular weight excluding hydrogens is 226 g/mol. The molecule has 3 N–H and O–H groups in total. The van der Waals surface area contributed by atoms with E-state index in [1.807, 2.05) is 12.1 Å². The van der Waals surface area contributed by atoms with E-state index < -0.39 is 0 Å². The predicted octanol–water partition coefficient (Wildman–Crippen LogP) is 1.98. The van der Waals surface area contributed by atoms with Crippen molar-refractivity contribution in [1.82, 2.24) is 0 Å². The minimum absolute atomic E-state index is 0.172. The molecule has 0 aliphatic heterocycles. The molecule has 0 spiro atoms. The molecule has 0 heterocycles. The number of benzene rings is 1. The molecule has 0 saturated heterocycles. The summed E-state index contributed by atoms with van der Waals surface area (Å²) in [4.78, 5) is 2.13. The lowest BCUT2D eigenvalue weighted by atomic mass is 10.2. The van der Waals surface area contributed by atoms with Crippen molar-refractivity contribution >= 4 is 11.4 Å². The predicted molar refractivity (Wildman–Crippen MR) is 77.8 cm³/mol. The lowest BCUT2D eigenvalue weighted by Gasteiger charge is -2.27. The zero-order valence-electron chi connectivity index (χ0n) is 11.6. The minimum atomic E-state index is 0.172. The molecule has 0 fully saturated rings. The summed E-state index contributed by atoms with van der Waals surface area (Å²) < 4.78 is 0. The Hall–Kier alpha value is -1.26. The number of anilines is 2. The van der Waals surface area contributed by atoms with Gasteiger partial charge < -0.3 is 15.0 Å². The second-order valence-corrected chi connectivity index (χ2v) is 4.48. The average molecular weight is 251 g/mol. The van der Waals surface area contributed by atoms with Gasteiger partial charge in [0, 0.05) is 24.8 Å². The second kappa shape index (κ2) is 7.24. The SMILES string of the molecule is CCC(C)N(N)c1ccc(N(CC)CCO)cc1. The van der Waals surface area contributed by atoms with Crippen molar-refractivity contribution in [3.8, 4) is 0 Å². The number of nitrogens with zero attached hydrogens (tertiary/aromatic N) is 2. The Bertz CT molecular complexity index is 318. The molecule has 102 valence electrons. The van der Waals surface area contributed by atoms with Gasteiger partial charge in [-0.1, -0.05) is 6.92 Å². The molecule has 4 heteroatoms. The van der Waals surface area contributed by atoms with Gasteiger partial charge in [0.25, 0.3) is 0 Å². The summed E-state index contributed by atoms with van der Waals surface area (Å²) in [6, 6.07) is 8.49. The molecule has 18 heavy (non-hydrogen) atoms. The van der Waals surface area contributed by atoms with Crippen LogP contribution in [0.1, 0.15) is 27.2 Å². The first-order valence-corrected chi connectivity index (χ1v) is 6.63. The Morgan fingerprint density at radius 3 is 2.17 bits per heavy atom. The summed E-state index contributed by atoms with van der Waals surface area (Å²) in [5.74, 6) is 6.05. The summed E-state index contributed by atoms with van der Waals surface area (Å²) >= 11 is 0. The van der Waals surface area contributed by atoms with E-state index in [0.29, 0.717) is 12.6 Å². The Morgan fingerprint density at radius 2 is 1.72 bits per heavy atom. The van der Waals surface area contributed by atoms with Gasteiger partial charge in [-0.05, 0) is 44.5 Å². The van der Waals surface area contributed by atoms with Gasteiger partial charge in [-0.25, -0.2) is 5.84 Å². The molecule has 4 nitrogen and oxygen atoms in total. The summed E-state index contributed by atoms with van der Waals surface area (Å²) in [5, 5.41) is 10.8. The van der Waals surface area contributed by atoms with Crippen LogP contribution >= 0.6 is 0 Å². The summed E-state index contributed by atoms with van der Waals surface area (Å²) in [6.45, 7) is 8.03. The number of hydrazine groups is 1. The number of hydrogen-bond acceptors (Lipinski definition) is 4. The van der Waals surface area contributed by atoms with Gasteiger partial charge in [-0.15, -0.1) is 0 Å². The van der Waals surface area contributed by atoms with Gasteiger partial charge in [0.1, 0.15) is 0 Å². The van der Waals surface area contributed by atoms with Crippen molar-refractivity contribution in [2.75, 3.05) is 29.6 Å². The molecule has 1 unspecified atom stereocenters. The van der Waals surface area contributed by atoms with Gasteiger partial charge in [0.15, 0.2) is 0 Å². The lowest BCUT2D eigenvalue weighted by Crippen LogP contribution is -2.38. The van der Waals surface area contributed by atoms with Crippen molar-refractivity contribution in [3.63, 3.8) is 0 Å². The topological polar surface area (TPSA) is 52.7 Å². The number of nitrogens with two attached hydrogens (primary N) is 1. The standard InChI is InChI=1S/C14H25N3O/c1-4-12(3)17(15)14-8-6-13(7-9-14)16(5-2)10-11-18/h6-9,12,18H,4-5,10-11,15H2,1-3H3. The highest BCUT2D eigenvalue weighted by molar-refractivity contribution is 5.56. The van der Waals surface area contributed by atoms with Crippen LogP contribution in [0.3, 0.4) is 0 Å². The quantitative estimate of drug-likeness (QED) is 0.575. The molecule has 1 rings (SSSR count). The monoisotopic (exact) mass is 251 g/mol. The molecule has 0 amide bonds. The average Bonchev–Trinajstić information content (AvgIpc) is 2.43. The van der Waals surface area contributed by atoms with Crippen LogP contribution in [0.25, 0.3) is 0 Å². The third kappa shape index (κ3) is 3.62. The highest BCUT2D eigenvalue weighted by atomic mass is 16.3. The van der Waals surface area contributed by atoms with E-state index in [0.717, 1.165) is 24.3 Å². The number of aliphatic hydroxyl groups excluding tert-OH is 1. The first kappa shape index (κ1) is 14.8. The van der Waals surface area contributed by atoms with Crippen molar-refractivity contribution in [1.29, 1.82) is 0 Å². The first-order valence-electron chi connectivity index (χ1n) is 6.63. The van der Waals surface area contributed by atoms with Crippen molar-refractivity contribution < 1.29 is 5.11 Å². The molecule has 0 bridgehead atoms. The van der Waals surface area contributed by atoms with Crippen LogP contribution in [0.5, 0.6) is 0 Å². The molecule has 1 aromatic rings. The van der Waals surface area contributed by atoms with Crippen LogP contribution in [0.15, 0.2) is 24.3 Å². The summed E-state index contributed by atoms with van der Waals surface area (Å²) in [5.41, 5.74) is 2.14. The zero-order valence-corrected chi connectivity index (χ0v) is 11.6. The van der Waals surface area contributed by atoms with Gasteiger partial charge in [0.2, 0.25) is 0 Å². The van der Waals surface area contributed by atoms with E-state index in [4.69, 9.17) is 10.9 Å². The van der Waals surface area contributed by atoms with E-state index >= 15 is 0 Å². The van der Waals surface area contributed by atoms with Crippen LogP contribution in [-0.4, -0.2) is 30.8 Å². The zero-order chi connectivity index (χ0) is 13.5. The molecular formula is C14H25N3O. The van der Waals surface area contributed by atoms with E-state index in [1.54, 1.807) is 5.01 Å². The normalized spacial score (nSPS) is 12.3. The first-order chi connectivity index (χ1) is 8.63. The highest BCUT2D eigenvalue weighted by Crippen LogP contribution is 2.20. The van der Waals surface area contributed by atoms with Crippen molar-refractivity contribution in [2.24, 2.45) is 5.84 Å². The van der Waals surface area contributed by atoms with Gasteiger partial charge >= 0.3 is 0 Å². The number of hydrogen-bond donors (Lipinski definition) is 2. The fourth-order valence-electron chi connectivity index (χ4n) is 1.88. The lowest BCUT2D eigenvalue weighted by molar-refractivity contribution is 0.302. The van der Waals surface area contributed by atoms with E-state index in [1.165, 1.54) is 0 Å². The fourth-order valence-corrected chi connectivity index (χ4v) is 1.88. The molecule has 0 aliphatic rings. The van der Waals surface area contributed by atoms with Crippen molar-refractivity contribution in [3.05, 3.63) is 24.3 Å². The van der Waals surface area contributed by atoms with Gasteiger partial charge in [0.05, 0.1) is 12.3 Å². The van der Waals surface area contributed by atoms with E-state index in [2.05, 4.69) is 37.8 Å². The van der Waals surface area contributed by atoms with Crippen molar-refractivity contribution in [2.45, 2.75) is 33.2 Å². The van der Waals surface area contributed by atoms with Crippen LogP contribution in [-0.2, 0) is 0 Å². The molecule has 0 aliphatic carbocycles. The molecule has 0 radical (unpaired) electrons. The van der Waals surface area contributed by atoms with E-state index in [9.17, 15) is 0 Å². The molecule has 1 aromatic carbocycles. The smallest absolute Gasteiger partial charge is 0.0606 e. The Morgan fingerprint density at radius 1 is 1.17 bits per heavy atom. The maximum atomic E-state index is 9.01. The third-order valence-corrected chi connectivity index (χ3v) is 3.33. The second-order valence-electron chi connectivity index (χ2n) is 4.48. The molecule has 0 saturated carbocycles. The summed E-state index contributed by atoms with van der Waals surface area (Å²) in [7, 11) is 0. The van der Waals surface area contributed by atoms with Crippen LogP contribution < -0.4 is 15.8 Å². The maximum Gasteiger partial charge on any atom is 0.0606 e.